The summed E-state index contributed by atoms with van der Waals surface area (Å²) in [6.07, 6.45) is 7.47. The largest absolute Gasteiger partial charge is 0.495 e. The zero-order valence-electron chi connectivity index (χ0n) is 29.5. The minimum absolute atomic E-state index is 0.193. The molecule has 0 amide bonds. The molecule has 6 aromatic rings. The van der Waals surface area contributed by atoms with Gasteiger partial charge in [-0.15, -0.1) is 0 Å². The normalized spacial score (nSPS) is 11.0. The van der Waals surface area contributed by atoms with E-state index in [0.717, 1.165) is 44.6 Å². The lowest BCUT2D eigenvalue weighted by atomic mass is 10.2. The van der Waals surface area contributed by atoms with Gasteiger partial charge >= 0.3 is 11.9 Å². The van der Waals surface area contributed by atoms with Crippen molar-refractivity contribution >= 4 is 63.3 Å². The summed E-state index contributed by atoms with van der Waals surface area (Å²) in [6.45, 7) is 5.58. The summed E-state index contributed by atoms with van der Waals surface area (Å²) in [5, 5.41) is 3.31. The fraction of sp³-hybridized carbons (Fsp3) is 0.250. The number of fused-ring (bicyclic) bond motifs is 2. The zero-order valence-corrected chi connectivity index (χ0v) is 31.0. The minimum Gasteiger partial charge on any atom is -0.495 e. The molecule has 0 aliphatic rings. The number of nitrogens with zero attached hydrogens (tertiary/aromatic N) is 4. The highest BCUT2D eigenvalue weighted by Gasteiger charge is 2.14. The summed E-state index contributed by atoms with van der Waals surface area (Å²) in [6, 6.07) is 23.3. The van der Waals surface area contributed by atoms with Gasteiger partial charge in [0.15, 0.2) is 0 Å². The van der Waals surface area contributed by atoms with Crippen molar-refractivity contribution in [3.05, 3.63) is 124 Å². The number of ether oxygens (including phenoxy) is 4. The Morgan fingerprint density at radius 3 is 1.77 bits per heavy atom. The molecule has 12 heteroatoms. The molecule has 0 saturated heterocycles. The Hall–Kier alpha value is -5.32. The van der Waals surface area contributed by atoms with Crippen molar-refractivity contribution < 1.29 is 28.5 Å². The zero-order chi connectivity index (χ0) is 37.0. The van der Waals surface area contributed by atoms with Crippen molar-refractivity contribution in [3.8, 4) is 11.5 Å². The average molecular weight is 744 g/mol. The van der Waals surface area contributed by atoms with E-state index in [1.807, 2.05) is 78.2 Å². The minimum atomic E-state index is -0.374. The van der Waals surface area contributed by atoms with Gasteiger partial charge in [0, 0.05) is 51.4 Å². The third-order valence-electron chi connectivity index (χ3n) is 8.08. The number of halogens is 2. The van der Waals surface area contributed by atoms with Gasteiger partial charge in [-0.25, -0.2) is 14.8 Å². The Labute approximate surface area is 312 Å². The van der Waals surface area contributed by atoms with Crippen LogP contribution < -0.4 is 9.47 Å². The van der Waals surface area contributed by atoms with E-state index >= 15 is 0 Å². The lowest BCUT2D eigenvalue weighted by Gasteiger charge is -2.11. The van der Waals surface area contributed by atoms with Crippen molar-refractivity contribution in [1.82, 2.24) is 19.1 Å². The maximum absolute atomic E-state index is 11.8. The van der Waals surface area contributed by atoms with Crippen LogP contribution in [0.3, 0.4) is 0 Å². The highest BCUT2D eigenvalue weighted by atomic mass is 35.5. The standard InChI is InChI=1S/C20H21ClN2O3.C20H19ClN2O3/c2*1-3-26-19(24)9-8-17-10-15-11-18(25-2)12-22-20(15)23(17)13-14-4-6-16(21)7-5-14/h4-7,10-12H,3,8-9,13H2,1-2H3;4-12H,3,13H2,1-2H3/b;9-8+. The molecule has 0 spiro atoms. The SMILES string of the molecule is CCOC(=O)/C=C/c1cc2cc(OC)cnc2n1Cc1ccc(Cl)cc1.CCOC(=O)CCc1cc2cc(OC)cnc2n1Cc1ccc(Cl)cc1. The summed E-state index contributed by atoms with van der Waals surface area (Å²) < 4.78 is 24.7. The second-order valence-corrected chi connectivity index (χ2v) is 12.5. The maximum Gasteiger partial charge on any atom is 0.330 e. The van der Waals surface area contributed by atoms with Crippen LogP contribution >= 0.6 is 23.2 Å². The summed E-state index contributed by atoms with van der Waals surface area (Å²) in [4.78, 5) is 32.5. The summed E-state index contributed by atoms with van der Waals surface area (Å²) in [7, 11) is 3.23. The Morgan fingerprint density at radius 2 is 1.23 bits per heavy atom. The Balaban J connectivity index is 0.000000201. The van der Waals surface area contributed by atoms with Crippen molar-refractivity contribution in [2.45, 2.75) is 39.8 Å². The van der Waals surface area contributed by atoms with E-state index in [-0.39, 0.29) is 11.9 Å². The number of hydrogen-bond acceptors (Lipinski definition) is 8. The van der Waals surface area contributed by atoms with E-state index in [1.165, 1.54) is 6.08 Å². The van der Waals surface area contributed by atoms with Crippen molar-refractivity contribution in [2.24, 2.45) is 0 Å². The van der Waals surface area contributed by atoms with Crippen LogP contribution in [0, 0.1) is 0 Å². The molecule has 270 valence electrons. The van der Waals surface area contributed by atoms with E-state index < -0.39 is 0 Å². The molecule has 0 N–H and O–H groups in total. The number of pyridine rings is 2. The third-order valence-corrected chi connectivity index (χ3v) is 8.59. The van der Waals surface area contributed by atoms with E-state index in [0.29, 0.717) is 60.7 Å². The maximum atomic E-state index is 11.8. The molecule has 6 rings (SSSR count). The van der Waals surface area contributed by atoms with Gasteiger partial charge in [0.2, 0.25) is 0 Å². The number of aryl methyl sites for hydroxylation is 1. The third kappa shape index (κ3) is 9.92. The number of rotatable bonds is 13. The fourth-order valence-electron chi connectivity index (χ4n) is 5.59. The molecule has 52 heavy (non-hydrogen) atoms. The van der Waals surface area contributed by atoms with E-state index in [1.54, 1.807) is 39.6 Å². The van der Waals surface area contributed by atoms with Crippen LogP contribution in [0.5, 0.6) is 11.5 Å². The smallest absolute Gasteiger partial charge is 0.330 e. The number of aromatic nitrogens is 4. The highest BCUT2D eigenvalue weighted by molar-refractivity contribution is 6.30. The molecule has 10 nitrogen and oxygen atoms in total. The van der Waals surface area contributed by atoms with Crippen molar-refractivity contribution in [2.75, 3.05) is 27.4 Å². The van der Waals surface area contributed by atoms with Gasteiger partial charge in [-0.1, -0.05) is 47.5 Å². The molecule has 0 aliphatic carbocycles. The second kappa shape index (κ2) is 18.3. The van der Waals surface area contributed by atoms with Gasteiger partial charge in [0.05, 0.1) is 46.2 Å². The first-order valence-electron chi connectivity index (χ1n) is 16.8. The van der Waals surface area contributed by atoms with Crippen LogP contribution in [0.15, 0.2) is 91.3 Å². The molecule has 0 radical (unpaired) electrons. The van der Waals surface area contributed by atoms with E-state index in [4.69, 9.17) is 42.1 Å². The van der Waals surface area contributed by atoms with Gasteiger partial charge in [-0.05, 0) is 86.0 Å². The fourth-order valence-corrected chi connectivity index (χ4v) is 5.84. The van der Waals surface area contributed by atoms with Gasteiger partial charge in [0.25, 0.3) is 0 Å². The van der Waals surface area contributed by atoms with Crippen LogP contribution in [0.25, 0.3) is 28.1 Å². The van der Waals surface area contributed by atoms with Crippen molar-refractivity contribution in [1.29, 1.82) is 0 Å². The Kier molecular flexibility index (Phi) is 13.3. The van der Waals surface area contributed by atoms with E-state index in [2.05, 4.69) is 20.6 Å². The molecular weight excluding hydrogens is 703 g/mol. The Morgan fingerprint density at radius 1 is 0.712 bits per heavy atom. The number of hydrogen-bond donors (Lipinski definition) is 0. The molecule has 4 aromatic heterocycles. The van der Waals surface area contributed by atoms with Crippen LogP contribution in [-0.4, -0.2) is 58.5 Å². The molecule has 2 aromatic carbocycles. The van der Waals surface area contributed by atoms with Gasteiger partial charge < -0.3 is 28.1 Å². The molecule has 0 saturated carbocycles. The quantitative estimate of drug-likeness (QED) is 0.0856. The van der Waals surface area contributed by atoms with Gasteiger partial charge in [-0.2, -0.15) is 0 Å². The number of methoxy groups -OCH3 is 2. The predicted octanol–water partition coefficient (Wildman–Crippen LogP) is 8.57. The van der Waals surface area contributed by atoms with Crippen molar-refractivity contribution in [3.63, 3.8) is 0 Å². The summed E-state index contributed by atoms with van der Waals surface area (Å²) in [5.41, 5.74) is 5.74. The first-order valence-corrected chi connectivity index (χ1v) is 17.5. The number of esters is 2. The van der Waals surface area contributed by atoms with Crippen LogP contribution in [0.1, 0.15) is 42.8 Å². The number of benzene rings is 2. The summed E-state index contributed by atoms with van der Waals surface area (Å²) in [5.74, 6) is 0.822. The average Bonchev–Trinajstić information content (AvgIpc) is 3.68. The first kappa shape index (κ1) is 37.9. The topological polar surface area (TPSA) is 107 Å². The van der Waals surface area contributed by atoms with Crippen LogP contribution in [-0.2, 0) is 38.6 Å². The highest BCUT2D eigenvalue weighted by Crippen LogP contribution is 2.26. The molecule has 0 aliphatic heterocycles. The molecule has 0 unspecified atom stereocenters. The number of carbonyl (C=O) groups is 2. The molecule has 0 atom stereocenters. The second-order valence-electron chi connectivity index (χ2n) is 11.6. The number of carbonyl (C=O) groups excluding carboxylic acids is 2. The Bertz CT molecular complexity index is 2160. The first-order chi connectivity index (χ1) is 25.2. The molecular formula is C40H40Cl2N4O6. The van der Waals surface area contributed by atoms with Gasteiger partial charge in [-0.3, -0.25) is 4.79 Å². The van der Waals surface area contributed by atoms with Crippen LogP contribution in [0.2, 0.25) is 10.0 Å². The predicted molar refractivity (Wildman–Crippen MR) is 204 cm³/mol. The molecule has 0 bridgehead atoms. The summed E-state index contributed by atoms with van der Waals surface area (Å²) >= 11 is 12.0. The molecule has 0 fully saturated rings. The molecule has 4 heterocycles. The van der Waals surface area contributed by atoms with E-state index in [9.17, 15) is 9.59 Å². The lowest BCUT2D eigenvalue weighted by molar-refractivity contribution is -0.143. The van der Waals surface area contributed by atoms with Crippen LogP contribution in [0.4, 0.5) is 0 Å². The van der Waals surface area contributed by atoms with Gasteiger partial charge in [0.1, 0.15) is 22.8 Å². The monoisotopic (exact) mass is 742 g/mol. The lowest BCUT2D eigenvalue weighted by Crippen LogP contribution is -2.09.